The summed E-state index contributed by atoms with van der Waals surface area (Å²) in [5.41, 5.74) is 2.63. The van der Waals surface area contributed by atoms with Crippen LogP contribution in [0.2, 0.25) is 0 Å². The molecule has 0 spiro atoms. The van der Waals surface area contributed by atoms with Crippen molar-refractivity contribution in [2.24, 2.45) is 5.92 Å². The van der Waals surface area contributed by atoms with Crippen LogP contribution in [0.4, 0.5) is 5.69 Å². The number of nitrogens with zero attached hydrogens (tertiary/aromatic N) is 1. The molecular weight excluding hydrogens is 196 g/mol. The third kappa shape index (κ3) is 5.17. The van der Waals surface area contributed by atoms with Crippen molar-refractivity contribution in [2.75, 3.05) is 32.5 Å². The van der Waals surface area contributed by atoms with Gasteiger partial charge in [0.1, 0.15) is 0 Å². The van der Waals surface area contributed by atoms with Crippen molar-refractivity contribution >= 4 is 5.69 Å². The summed E-state index contributed by atoms with van der Waals surface area (Å²) in [6.45, 7) is 6.59. The molecule has 0 amide bonds. The molecule has 0 aliphatic rings. The second-order valence-electron chi connectivity index (χ2n) is 5.02. The minimum absolute atomic E-state index is 0.688. The average molecular weight is 220 g/mol. The maximum atomic E-state index is 3.43. The fraction of sp³-hybridized carbons (Fsp3) is 0.571. The second kappa shape index (κ2) is 6.54. The van der Waals surface area contributed by atoms with E-state index in [9.17, 15) is 0 Å². The molecule has 0 saturated carbocycles. The molecule has 0 aliphatic carbocycles. The van der Waals surface area contributed by atoms with Gasteiger partial charge in [-0.15, -0.1) is 0 Å². The van der Waals surface area contributed by atoms with Crippen molar-refractivity contribution in [2.45, 2.75) is 20.3 Å². The Morgan fingerprint density at radius 1 is 1.12 bits per heavy atom. The molecule has 1 aromatic rings. The molecule has 1 aromatic carbocycles. The largest absolute Gasteiger partial charge is 0.385 e. The van der Waals surface area contributed by atoms with Gasteiger partial charge < -0.3 is 10.2 Å². The Bertz CT molecular complexity index is 257. The first-order chi connectivity index (χ1) is 7.58. The number of likely N-dealkylation sites (N-methyl/N-ethyl adjacent to an activating group) is 1. The monoisotopic (exact) mass is 220 g/mol. The van der Waals surface area contributed by atoms with Crippen molar-refractivity contribution in [3.8, 4) is 0 Å². The Labute approximate surface area is 99.7 Å². The zero-order valence-corrected chi connectivity index (χ0v) is 11.0. The van der Waals surface area contributed by atoms with Gasteiger partial charge in [0.25, 0.3) is 0 Å². The summed E-state index contributed by atoms with van der Waals surface area (Å²) in [5.74, 6) is 0.688. The molecule has 0 heterocycles. The van der Waals surface area contributed by atoms with Crippen LogP contribution in [0.3, 0.4) is 0 Å². The number of anilines is 1. The predicted molar refractivity (Wildman–Crippen MR) is 72.0 cm³/mol. The van der Waals surface area contributed by atoms with Crippen LogP contribution < -0.4 is 5.32 Å². The zero-order chi connectivity index (χ0) is 12.0. The van der Waals surface area contributed by atoms with Crippen molar-refractivity contribution < 1.29 is 0 Å². The summed E-state index contributed by atoms with van der Waals surface area (Å²) < 4.78 is 0. The Kier molecular flexibility index (Phi) is 5.33. The zero-order valence-electron chi connectivity index (χ0n) is 11.0. The molecule has 0 radical (unpaired) electrons. The Morgan fingerprint density at radius 2 is 1.75 bits per heavy atom. The van der Waals surface area contributed by atoms with Crippen LogP contribution >= 0.6 is 0 Å². The molecule has 0 aromatic heterocycles. The molecule has 2 heteroatoms. The predicted octanol–water partition coefficient (Wildman–Crippen LogP) is 2.86. The van der Waals surface area contributed by atoms with Gasteiger partial charge in [0.15, 0.2) is 0 Å². The van der Waals surface area contributed by atoms with Crippen LogP contribution in [0, 0.1) is 5.92 Å². The lowest BCUT2D eigenvalue weighted by molar-refractivity contribution is 0.413. The van der Waals surface area contributed by atoms with Crippen molar-refractivity contribution in [3.05, 3.63) is 29.8 Å². The lowest BCUT2D eigenvalue weighted by Crippen LogP contribution is -2.15. The smallest absolute Gasteiger partial charge is 0.0340 e. The SMILES string of the molecule is CC(C)CNc1ccc(CCN(C)C)cc1. The number of benzene rings is 1. The first-order valence-corrected chi connectivity index (χ1v) is 6.05. The highest BCUT2D eigenvalue weighted by molar-refractivity contribution is 5.44. The van der Waals surface area contributed by atoms with E-state index in [1.165, 1.54) is 11.3 Å². The van der Waals surface area contributed by atoms with E-state index in [-0.39, 0.29) is 0 Å². The van der Waals surface area contributed by atoms with E-state index in [0.717, 1.165) is 19.5 Å². The van der Waals surface area contributed by atoms with Gasteiger partial charge in [-0.2, -0.15) is 0 Å². The van der Waals surface area contributed by atoms with Crippen LogP contribution in [0.1, 0.15) is 19.4 Å². The lowest BCUT2D eigenvalue weighted by atomic mass is 10.1. The highest BCUT2D eigenvalue weighted by Gasteiger charge is 1.97. The first kappa shape index (κ1) is 13.0. The minimum Gasteiger partial charge on any atom is -0.385 e. The summed E-state index contributed by atoms with van der Waals surface area (Å²) >= 11 is 0. The van der Waals surface area contributed by atoms with E-state index in [1.807, 2.05) is 0 Å². The molecule has 2 nitrogen and oxygen atoms in total. The number of rotatable bonds is 6. The van der Waals surface area contributed by atoms with E-state index in [4.69, 9.17) is 0 Å². The van der Waals surface area contributed by atoms with E-state index in [2.05, 4.69) is 62.4 Å². The van der Waals surface area contributed by atoms with Crippen LogP contribution in [0.25, 0.3) is 0 Å². The topological polar surface area (TPSA) is 15.3 Å². The van der Waals surface area contributed by atoms with Gasteiger partial charge in [0.2, 0.25) is 0 Å². The number of hydrogen-bond donors (Lipinski definition) is 1. The molecule has 0 atom stereocenters. The first-order valence-electron chi connectivity index (χ1n) is 6.05. The van der Waals surface area contributed by atoms with E-state index in [1.54, 1.807) is 0 Å². The quantitative estimate of drug-likeness (QED) is 0.793. The standard InChI is InChI=1S/C14H24N2/c1-12(2)11-15-14-7-5-13(6-8-14)9-10-16(3)4/h5-8,12,15H,9-11H2,1-4H3. The van der Waals surface area contributed by atoms with E-state index < -0.39 is 0 Å². The van der Waals surface area contributed by atoms with Gasteiger partial charge in [0.05, 0.1) is 0 Å². The molecule has 0 saturated heterocycles. The fourth-order valence-corrected chi connectivity index (χ4v) is 1.46. The molecule has 1 rings (SSSR count). The summed E-state index contributed by atoms with van der Waals surface area (Å²) in [4.78, 5) is 2.21. The molecular formula is C14H24N2. The van der Waals surface area contributed by atoms with Crippen molar-refractivity contribution in [1.29, 1.82) is 0 Å². The highest BCUT2D eigenvalue weighted by Crippen LogP contribution is 2.10. The lowest BCUT2D eigenvalue weighted by Gasteiger charge is -2.11. The number of nitrogens with one attached hydrogen (secondary N) is 1. The van der Waals surface area contributed by atoms with Crippen LogP contribution in [-0.2, 0) is 6.42 Å². The third-order valence-corrected chi connectivity index (χ3v) is 2.52. The molecule has 1 N–H and O–H groups in total. The third-order valence-electron chi connectivity index (χ3n) is 2.52. The van der Waals surface area contributed by atoms with Gasteiger partial charge in [-0.25, -0.2) is 0 Å². The molecule has 90 valence electrons. The second-order valence-corrected chi connectivity index (χ2v) is 5.02. The van der Waals surface area contributed by atoms with Crippen LogP contribution in [0.5, 0.6) is 0 Å². The summed E-state index contributed by atoms with van der Waals surface area (Å²) in [6, 6.07) is 8.78. The molecule has 0 aliphatic heterocycles. The summed E-state index contributed by atoms with van der Waals surface area (Å²) in [6.07, 6.45) is 1.12. The average Bonchev–Trinajstić information content (AvgIpc) is 2.25. The summed E-state index contributed by atoms with van der Waals surface area (Å²) in [7, 11) is 4.22. The minimum atomic E-state index is 0.688. The maximum absolute atomic E-state index is 3.43. The Hall–Kier alpha value is -1.02. The molecule has 0 bridgehead atoms. The molecule has 0 fully saturated rings. The van der Waals surface area contributed by atoms with Crippen molar-refractivity contribution in [1.82, 2.24) is 4.90 Å². The Morgan fingerprint density at radius 3 is 2.25 bits per heavy atom. The van der Waals surface area contributed by atoms with Gasteiger partial charge in [-0.05, 0) is 44.1 Å². The normalized spacial score (nSPS) is 11.1. The van der Waals surface area contributed by atoms with E-state index in [0.29, 0.717) is 5.92 Å². The number of hydrogen-bond acceptors (Lipinski definition) is 2. The summed E-state index contributed by atoms with van der Waals surface area (Å²) in [5, 5.41) is 3.43. The van der Waals surface area contributed by atoms with Gasteiger partial charge in [-0.1, -0.05) is 26.0 Å². The highest BCUT2D eigenvalue weighted by atomic mass is 15.0. The molecule has 16 heavy (non-hydrogen) atoms. The van der Waals surface area contributed by atoms with Crippen LogP contribution in [-0.4, -0.2) is 32.1 Å². The Balaban J connectivity index is 2.41. The molecule has 0 unspecified atom stereocenters. The van der Waals surface area contributed by atoms with E-state index >= 15 is 0 Å². The maximum Gasteiger partial charge on any atom is 0.0340 e. The van der Waals surface area contributed by atoms with Gasteiger partial charge in [0, 0.05) is 18.8 Å². The van der Waals surface area contributed by atoms with Crippen molar-refractivity contribution in [3.63, 3.8) is 0 Å². The fourth-order valence-electron chi connectivity index (χ4n) is 1.46. The van der Waals surface area contributed by atoms with Crippen LogP contribution in [0.15, 0.2) is 24.3 Å². The van der Waals surface area contributed by atoms with Gasteiger partial charge >= 0.3 is 0 Å². The van der Waals surface area contributed by atoms with Gasteiger partial charge in [-0.3, -0.25) is 0 Å².